The van der Waals surface area contributed by atoms with E-state index in [0.29, 0.717) is 18.4 Å². The molecule has 0 N–H and O–H groups in total. The highest BCUT2D eigenvalue weighted by molar-refractivity contribution is 7.99. The molecule has 2 heterocycles. The number of ether oxygens (including phenoxy) is 1. The highest BCUT2D eigenvalue weighted by atomic mass is 32.2. The van der Waals surface area contributed by atoms with Crippen LogP contribution in [-0.2, 0) is 17.9 Å². The van der Waals surface area contributed by atoms with Gasteiger partial charge in [0.25, 0.3) is 0 Å². The lowest BCUT2D eigenvalue weighted by Crippen LogP contribution is -2.43. The Morgan fingerprint density at radius 2 is 2.19 bits per heavy atom. The predicted octanol–water partition coefficient (Wildman–Crippen LogP) is 3.68. The molecule has 1 aliphatic heterocycles. The molecule has 0 saturated carbocycles. The number of carbonyl (C=O) groups is 1. The minimum Gasteiger partial charge on any atom is -0.486 e. The average Bonchev–Trinajstić information content (AvgIpc) is 3.06. The molecule has 27 heavy (non-hydrogen) atoms. The number of piperidine rings is 1. The van der Waals surface area contributed by atoms with Gasteiger partial charge in [0, 0.05) is 19.1 Å². The molecule has 2 aromatic rings. The van der Waals surface area contributed by atoms with Gasteiger partial charge in [-0.05, 0) is 57.7 Å². The van der Waals surface area contributed by atoms with Gasteiger partial charge in [0.2, 0.25) is 5.91 Å². The number of benzene rings is 1. The first-order chi connectivity index (χ1) is 13.1. The van der Waals surface area contributed by atoms with Gasteiger partial charge in [-0.3, -0.25) is 4.79 Å². The monoisotopic (exact) mass is 388 g/mol. The van der Waals surface area contributed by atoms with Crippen LogP contribution in [-0.4, -0.2) is 43.9 Å². The second kappa shape index (κ2) is 9.26. The van der Waals surface area contributed by atoms with Gasteiger partial charge in [-0.25, -0.2) is 0 Å². The Morgan fingerprint density at radius 1 is 1.33 bits per heavy atom. The van der Waals surface area contributed by atoms with Crippen molar-refractivity contribution < 1.29 is 9.53 Å². The lowest BCUT2D eigenvalue weighted by molar-refractivity contribution is -0.131. The van der Waals surface area contributed by atoms with Crippen LogP contribution in [0.3, 0.4) is 0 Å². The molecule has 0 radical (unpaired) electrons. The summed E-state index contributed by atoms with van der Waals surface area (Å²) in [5.74, 6) is 2.20. The minimum absolute atomic E-state index is 0.190. The SMILES string of the molecule is CCn1c(COc2cccc(C)c2)nnc1SCC(=O)N1CCCCC1C. The van der Waals surface area contributed by atoms with Crippen molar-refractivity contribution in [1.29, 1.82) is 0 Å². The molecular formula is C20H28N4O2S. The topological polar surface area (TPSA) is 60.2 Å². The standard InChI is InChI=1S/C20H28N4O2S/c1-4-23-18(13-26-17-10-7-8-15(2)12-17)21-22-20(23)27-14-19(25)24-11-6-5-9-16(24)3/h7-8,10,12,16H,4-6,9,11,13-14H2,1-3H3. The van der Waals surface area contributed by atoms with Crippen molar-refractivity contribution >= 4 is 17.7 Å². The van der Waals surface area contributed by atoms with Crippen molar-refractivity contribution in [2.45, 2.75) is 64.4 Å². The summed E-state index contributed by atoms with van der Waals surface area (Å²) in [4.78, 5) is 14.6. The Labute approximate surface area is 165 Å². The number of likely N-dealkylation sites (tertiary alicyclic amines) is 1. The molecule has 6 nitrogen and oxygen atoms in total. The quantitative estimate of drug-likeness (QED) is 0.677. The van der Waals surface area contributed by atoms with E-state index in [0.717, 1.165) is 48.2 Å². The maximum Gasteiger partial charge on any atom is 0.233 e. The predicted molar refractivity (Wildman–Crippen MR) is 107 cm³/mol. The van der Waals surface area contributed by atoms with E-state index in [1.807, 2.05) is 40.7 Å². The second-order valence-electron chi connectivity index (χ2n) is 6.97. The molecule has 1 atom stereocenters. The van der Waals surface area contributed by atoms with Gasteiger partial charge < -0.3 is 14.2 Å². The zero-order valence-electron chi connectivity index (χ0n) is 16.4. The number of rotatable bonds is 7. The third-order valence-electron chi connectivity index (χ3n) is 4.92. The molecule has 1 aliphatic rings. The minimum atomic E-state index is 0.190. The molecule has 1 unspecified atom stereocenters. The number of aromatic nitrogens is 3. The first-order valence-corrected chi connectivity index (χ1v) is 10.6. The summed E-state index contributed by atoms with van der Waals surface area (Å²) in [6.07, 6.45) is 3.42. The molecule has 1 saturated heterocycles. The molecular weight excluding hydrogens is 360 g/mol. The van der Waals surface area contributed by atoms with Crippen molar-refractivity contribution in [3.63, 3.8) is 0 Å². The van der Waals surface area contributed by atoms with Gasteiger partial charge in [-0.2, -0.15) is 0 Å². The van der Waals surface area contributed by atoms with Crippen molar-refractivity contribution in [3.8, 4) is 5.75 Å². The largest absolute Gasteiger partial charge is 0.486 e. The average molecular weight is 389 g/mol. The Morgan fingerprint density at radius 3 is 2.93 bits per heavy atom. The summed E-state index contributed by atoms with van der Waals surface area (Å²) >= 11 is 1.46. The summed E-state index contributed by atoms with van der Waals surface area (Å²) < 4.78 is 7.88. The van der Waals surface area contributed by atoms with Crippen molar-refractivity contribution in [2.24, 2.45) is 0 Å². The van der Waals surface area contributed by atoms with Crippen LogP contribution < -0.4 is 4.74 Å². The van der Waals surface area contributed by atoms with Gasteiger partial charge in [0.05, 0.1) is 5.75 Å². The number of thioether (sulfide) groups is 1. The van der Waals surface area contributed by atoms with E-state index in [1.165, 1.54) is 18.2 Å². The summed E-state index contributed by atoms with van der Waals surface area (Å²) in [5, 5.41) is 9.33. The first-order valence-electron chi connectivity index (χ1n) is 9.62. The number of amides is 1. The number of carbonyl (C=O) groups excluding carboxylic acids is 1. The maximum atomic E-state index is 12.6. The van der Waals surface area contributed by atoms with Crippen LogP contribution in [0, 0.1) is 6.92 Å². The molecule has 1 aromatic heterocycles. The van der Waals surface area contributed by atoms with Crippen LogP contribution in [0.1, 0.15) is 44.5 Å². The van der Waals surface area contributed by atoms with E-state index in [-0.39, 0.29) is 5.91 Å². The van der Waals surface area contributed by atoms with Crippen LogP contribution in [0.5, 0.6) is 5.75 Å². The molecule has 1 fully saturated rings. The van der Waals surface area contributed by atoms with Crippen LogP contribution in [0.4, 0.5) is 0 Å². The summed E-state index contributed by atoms with van der Waals surface area (Å²) in [5.41, 5.74) is 1.16. The van der Waals surface area contributed by atoms with Crippen LogP contribution in [0.15, 0.2) is 29.4 Å². The first kappa shape index (κ1) is 19.7. The Kier molecular flexibility index (Phi) is 6.77. The van der Waals surface area contributed by atoms with Crippen molar-refractivity contribution in [2.75, 3.05) is 12.3 Å². The van der Waals surface area contributed by atoms with Crippen LogP contribution in [0.2, 0.25) is 0 Å². The number of aryl methyl sites for hydroxylation is 1. The molecule has 3 rings (SSSR count). The van der Waals surface area contributed by atoms with E-state index < -0.39 is 0 Å². The highest BCUT2D eigenvalue weighted by Gasteiger charge is 2.24. The van der Waals surface area contributed by atoms with Gasteiger partial charge in [0.1, 0.15) is 12.4 Å². The number of hydrogen-bond acceptors (Lipinski definition) is 5. The Balaban J connectivity index is 1.59. The molecule has 146 valence electrons. The van der Waals surface area contributed by atoms with Gasteiger partial charge in [-0.1, -0.05) is 23.9 Å². The van der Waals surface area contributed by atoms with E-state index in [4.69, 9.17) is 4.74 Å². The Hall–Kier alpha value is -2.02. The molecule has 1 aromatic carbocycles. The molecule has 7 heteroatoms. The van der Waals surface area contributed by atoms with E-state index in [9.17, 15) is 4.79 Å². The zero-order valence-corrected chi connectivity index (χ0v) is 17.2. The molecule has 0 spiro atoms. The highest BCUT2D eigenvalue weighted by Crippen LogP contribution is 2.22. The second-order valence-corrected chi connectivity index (χ2v) is 7.91. The Bertz CT molecular complexity index is 777. The molecule has 0 bridgehead atoms. The fourth-order valence-electron chi connectivity index (χ4n) is 3.38. The normalized spacial score (nSPS) is 17.1. The summed E-state index contributed by atoms with van der Waals surface area (Å²) in [6, 6.07) is 8.29. The van der Waals surface area contributed by atoms with E-state index in [2.05, 4.69) is 24.0 Å². The molecule has 0 aliphatic carbocycles. The lowest BCUT2D eigenvalue weighted by Gasteiger charge is -2.33. The summed E-state index contributed by atoms with van der Waals surface area (Å²) in [7, 11) is 0. The number of hydrogen-bond donors (Lipinski definition) is 0. The third kappa shape index (κ3) is 5.03. The van der Waals surface area contributed by atoms with Crippen molar-refractivity contribution in [1.82, 2.24) is 19.7 Å². The van der Waals surface area contributed by atoms with Crippen LogP contribution in [0.25, 0.3) is 0 Å². The third-order valence-corrected chi connectivity index (χ3v) is 5.87. The van der Waals surface area contributed by atoms with Crippen LogP contribution >= 0.6 is 11.8 Å². The summed E-state index contributed by atoms with van der Waals surface area (Å²) in [6.45, 7) is 8.21. The zero-order chi connectivity index (χ0) is 19.2. The van der Waals surface area contributed by atoms with Gasteiger partial charge in [-0.15, -0.1) is 10.2 Å². The van der Waals surface area contributed by atoms with Gasteiger partial charge >= 0.3 is 0 Å². The number of nitrogens with zero attached hydrogens (tertiary/aromatic N) is 4. The fourth-order valence-corrected chi connectivity index (χ4v) is 4.29. The molecule has 1 amide bonds. The van der Waals surface area contributed by atoms with Crippen molar-refractivity contribution in [3.05, 3.63) is 35.7 Å². The maximum absolute atomic E-state index is 12.6. The van der Waals surface area contributed by atoms with E-state index in [1.54, 1.807) is 0 Å². The lowest BCUT2D eigenvalue weighted by atomic mass is 10.0. The fraction of sp³-hybridized carbons (Fsp3) is 0.550. The van der Waals surface area contributed by atoms with Gasteiger partial charge in [0.15, 0.2) is 11.0 Å². The van der Waals surface area contributed by atoms with E-state index >= 15 is 0 Å². The smallest absolute Gasteiger partial charge is 0.233 e.